The van der Waals surface area contributed by atoms with E-state index in [9.17, 15) is 9.59 Å². The molecule has 0 aliphatic rings. The number of rotatable bonds is 8. The number of carbonyl (C=O) groups excluding carboxylic acids is 2. The lowest BCUT2D eigenvalue weighted by atomic mass is 10.1. The molecule has 0 fully saturated rings. The van der Waals surface area contributed by atoms with Crippen LogP contribution in [-0.2, 0) is 9.59 Å². The molecule has 0 aliphatic heterocycles. The Bertz CT molecular complexity index is 225. The van der Waals surface area contributed by atoms with Crippen LogP contribution in [0, 0.1) is 5.92 Å². The maximum absolute atomic E-state index is 11.6. The molecule has 0 radical (unpaired) electrons. The fourth-order valence-corrected chi connectivity index (χ4v) is 1.53. The molecule has 0 N–H and O–H groups in total. The molecule has 0 spiro atoms. The second kappa shape index (κ2) is 12.6. The summed E-state index contributed by atoms with van der Waals surface area (Å²) in [6, 6.07) is 0. The maximum atomic E-state index is 11.6. The summed E-state index contributed by atoms with van der Waals surface area (Å²) in [7, 11) is 1.86. The minimum Gasteiger partial charge on any atom is -0.346 e. The topological polar surface area (TPSA) is 37.4 Å². The summed E-state index contributed by atoms with van der Waals surface area (Å²) in [6.45, 7) is 10.5. The summed E-state index contributed by atoms with van der Waals surface area (Å²) in [5, 5.41) is 0. The van der Waals surface area contributed by atoms with Crippen LogP contribution in [0.15, 0.2) is 0 Å². The van der Waals surface area contributed by atoms with Crippen LogP contribution in [0.3, 0.4) is 0 Å². The van der Waals surface area contributed by atoms with Crippen LogP contribution in [0.4, 0.5) is 0 Å². The first-order valence-corrected chi connectivity index (χ1v) is 7.17. The van der Waals surface area contributed by atoms with E-state index in [4.69, 9.17) is 0 Å². The Morgan fingerprint density at radius 3 is 2.06 bits per heavy atom. The Kier molecular flexibility index (Phi) is 13.6. The Hall–Kier alpha value is -0.860. The Morgan fingerprint density at radius 2 is 1.61 bits per heavy atom. The van der Waals surface area contributed by atoms with Crippen molar-refractivity contribution in [2.24, 2.45) is 5.92 Å². The van der Waals surface area contributed by atoms with Gasteiger partial charge in [0.05, 0.1) is 0 Å². The average Bonchev–Trinajstić information content (AvgIpc) is 2.29. The van der Waals surface area contributed by atoms with E-state index in [2.05, 4.69) is 13.8 Å². The number of ketones is 1. The first kappa shape index (κ1) is 19.5. The highest BCUT2D eigenvalue weighted by Crippen LogP contribution is 2.05. The number of carbonyl (C=O) groups is 2. The number of nitrogens with zero attached hydrogens (tertiary/aromatic N) is 1. The molecule has 0 rings (SSSR count). The van der Waals surface area contributed by atoms with Crippen molar-refractivity contribution in [2.75, 3.05) is 13.6 Å². The highest BCUT2D eigenvalue weighted by Gasteiger charge is 2.09. The summed E-state index contributed by atoms with van der Waals surface area (Å²) in [5.74, 6) is 0.901. The SMILES string of the molecule is CC.CC(=O)CCCCCN(C)C(=O)CC(C)C. The van der Waals surface area contributed by atoms with Gasteiger partial charge in [-0.2, -0.15) is 0 Å². The van der Waals surface area contributed by atoms with Gasteiger partial charge >= 0.3 is 0 Å². The van der Waals surface area contributed by atoms with Crippen LogP contribution in [-0.4, -0.2) is 30.2 Å². The molecule has 0 aromatic carbocycles. The molecule has 0 unspecified atom stereocenters. The van der Waals surface area contributed by atoms with Crippen LogP contribution in [0.2, 0.25) is 0 Å². The molecule has 108 valence electrons. The lowest BCUT2D eigenvalue weighted by Gasteiger charge is -2.18. The highest BCUT2D eigenvalue weighted by molar-refractivity contribution is 5.76. The van der Waals surface area contributed by atoms with E-state index in [1.807, 2.05) is 20.9 Å². The van der Waals surface area contributed by atoms with Crippen LogP contribution in [0.25, 0.3) is 0 Å². The Morgan fingerprint density at radius 1 is 1.06 bits per heavy atom. The predicted molar refractivity (Wildman–Crippen MR) is 77.6 cm³/mol. The maximum Gasteiger partial charge on any atom is 0.222 e. The van der Waals surface area contributed by atoms with Gasteiger partial charge in [-0.15, -0.1) is 0 Å². The van der Waals surface area contributed by atoms with Crippen molar-refractivity contribution in [3.05, 3.63) is 0 Å². The summed E-state index contributed by atoms with van der Waals surface area (Å²) in [5.41, 5.74) is 0. The largest absolute Gasteiger partial charge is 0.346 e. The molecule has 0 heterocycles. The molecular weight excluding hydrogens is 226 g/mol. The zero-order valence-electron chi connectivity index (χ0n) is 13.1. The van der Waals surface area contributed by atoms with Gasteiger partial charge in [-0.3, -0.25) is 4.79 Å². The summed E-state index contributed by atoms with van der Waals surface area (Å²) in [4.78, 5) is 24.1. The van der Waals surface area contributed by atoms with Gasteiger partial charge in [-0.25, -0.2) is 0 Å². The third kappa shape index (κ3) is 13.2. The average molecular weight is 257 g/mol. The third-order valence-electron chi connectivity index (χ3n) is 2.53. The Labute approximate surface area is 113 Å². The third-order valence-corrected chi connectivity index (χ3v) is 2.53. The van der Waals surface area contributed by atoms with Crippen molar-refractivity contribution in [3.8, 4) is 0 Å². The van der Waals surface area contributed by atoms with Gasteiger partial charge in [-0.05, 0) is 25.7 Å². The summed E-state index contributed by atoms with van der Waals surface area (Å²) in [6.07, 6.45) is 4.27. The number of Topliss-reactive ketones (excluding diaryl/α,β-unsaturated/α-hetero) is 1. The lowest BCUT2D eigenvalue weighted by Crippen LogP contribution is -2.28. The van der Waals surface area contributed by atoms with Gasteiger partial charge in [0, 0.05) is 26.4 Å². The van der Waals surface area contributed by atoms with E-state index in [0.29, 0.717) is 18.8 Å². The van der Waals surface area contributed by atoms with Gasteiger partial charge in [0.2, 0.25) is 5.91 Å². The Balaban J connectivity index is 0. The highest BCUT2D eigenvalue weighted by atomic mass is 16.2. The smallest absolute Gasteiger partial charge is 0.222 e. The predicted octanol–water partition coefficient (Wildman–Crippen LogP) is 3.67. The number of hydrogen-bond donors (Lipinski definition) is 0. The standard InChI is InChI=1S/C13H25NO2.C2H6/c1-11(2)10-13(16)14(4)9-7-5-6-8-12(3)15;1-2/h11H,5-10H2,1-4H3;1-2H3. The van der Waals surface area contributed by atoms with Gasteiger partial charge in [-0.1, -0.05) is 34.1 Å². The van der Waals surface area contributed by atoms with Gasteiger partial charge in [0.25, 0.3) is 0 Å². The molecule has 18 heavy (non-hydrogen) atoms. The summed E-state index contributed by atoms with van der Waals surface area (Å²) < 4.78 is 0. The van der Waals surface area contributed by atoms with Crippen LogP contribution < -0.4 is 0 Å². The minimum atomic E-state index is 0.224. The van der Waals surface area contributed by atoms with Crippen LogP contribution in [0.1, 0.15) is 66.7 Å². The molecule has 0 saturated carbocycles. The first-order chi connectivity index (χ1) is 8.43. The number of hydrogen-bond acceptors (Lipinski definition) is 2. The van der Waals surface area contributed by atoms with Crippen LogP contribution >= 0.6 is 0 Å². The second-order valence-corrected chi connectivity index (χ2v) is 4.93. The fraction of sp³-hybridized carbons (Fsp3) is 0.867. The van der Waals surface area contributed by atoms with Crippen molar-refractivity contribution in [2.45, 2.75) is 66.7 Å². The molecule has 3 nitrogen and oxygen atoms in total. The van der Waals surface area contributed by atoms with Crippen molar-refractivity contribution >= 4 is 11.7 Å². The molecular formula is C15H31NO2. The number of amides is 1. The zero-order valence-corrected chi connectivity index (χ0v) is 13.1. The quantitative estimate of drug-likeness (QED) is 0.622. The number of unbranched alkanes of at least 4 members (excludes halogenated alkanes) is 2. The molecule has 1 amide bonds. The van der Waals surface area contributed by atoms with Gasteiger partial charge in [0.15, 0.2) is 0 Å². The first-order valence-electron chi connectivity index (χ1n) is 7.17. The summed E-state index contributed by atoms with van der Waals surface area (Å²) >= 11 is 0. The van der Waals surface area contributed by atoms with E-state index < -0.39 is 0 Å². The van der Waals surface area contributed by atoms with E-state index >= 15 is 0 Å². The second-order valence-electron chi connectivity index (χ2n) is 4.93. The van der Waals surface area contributed by atoms with E-state index in [-0.39, 0.29) is 11.7 Å². The molecule has 0 aromatic heterocycles. The van der Waals surface area contributed by atoms with Gasteiger partial charge in [0.1, 0.15) is 5.78 Å². The van der Waals surface area contributed by atoms with Crippen molar-refractivity contribution in [1.29, 1.82) is 0 Å². The van der Waals surface area contributed by atoms with Crippen molar-refractivity contribution in [1.82, 2.24) is 4.90 Å². The minimum absolute atomic E-state index is 0.224. The lowest BCUT2D eigenvalue weighted by molar-refractivity contribution is -0.130. The molecule has 0 aliphatic carbocycles. The van der Waals surface area contributed by atoms with Crippen LogP contribution in [0.5, 0.6) is 0 Å². The molecule has 3 heteroatoms. The molecule has 0 aromatic rings. The zero-order chi connectivity index (χ0) is 14.6. The van der Waals surface area contributed by atoms with Gasteiger partial charge < -0.3 is 9.69 Å². The molecule has 0 saturated heterocycles. The fourth-order valence-electron chi connectivity index (χ4n) is 1.53. The molecule has 0 bridgehead atoms. The normalized spacial score (nSPS) is 9.72. The molecule has 0 atom stereocenters. The van der Waals surface area contributed by atoms with Crippen molar-refractivity contribution in [3.63, 3.8) is 0 Å². The van der Waals surface area contributed by atoms with Crippen molar-refractivity contribution < 1.29 is 9.59 Å². The van der Waals surface area contributed by atoms with E-state index in [1.165, 1.54) is 0 Å². The monoisotopic (exact) mass is 257 g/mol. The van der Waals surface area contributed by atoms with E-state index in [0.717, 1.165) is 25.8 Å². The van der Waals surface area contributed by atoms with E-state index in [1.54, 1.807) is 11.8 Å².